The monoisotopic (exact) mass is 302 g/mol. The van der Waals surface area contributed by atoms with Crippen molar-refractivity contribution in [1.82, 2.24) is 19.8 Å². The Kier molecular flexibility index (Phi) is 3.76. The van der Waals surface area contributed by atoms with Gasteiger partial charge in [-0.3, -0.25) is 9.48 Å². The Balaban J connectivity index is 1.83. The zero-order valence-electron chi connectivity index (χ0n) is 13.5. The lowest BCUT2D eigenvalue weighted by Gasteiger charge is -2.26. The average molecular weight is 302 g/mol. The van der Waals surface area contributed by atoms with E-state index >= 15 is 0 Å². The van der Waals surface area contributed by atoms with Gasteiger partial charge in [-0.05, 0) is 46.6 Å². The molecule has 1 aliphatic heterocycles. The van der Waals surface area contributed by atoms with Crippen molar-refractivity contribution in [1.29, 1.82) is 0 Å². The lowest BCUT2D eigenvalue weighted by Crippen LogP contribution is -2.36. The Morgan fingerprint density at radius 1 is 1.32 bits per heavy atom. The maximum absolute atomic E-state index is 12.9. The van der Waals surface area contributed by atoms with Gasteiger partial charge in [-0.25, -0.2) is 0 Å². The Hall–Kier alpha value is -2.11. The molecule has 1 amide bonds. The van der Waals surface area contributed by atoms with Crippen LogP contribution in [0, 0.1) is 20.8 Å². The molecule has 1 aliphatic rings. The summed E-state index contributed by atoms with van der Waals surface area (Å²) in [6, 6.07) is 3.60. The smallest absolute Gasteiger partial charge is 0.247 e. The van der Waals surface area contributed by atoms with E-state index in [0.29, 0.717) is 0 Å². The van der Waals surface area contributed by atoms with Crippen molar-refractivity contribution >= 4 is 5.91 Å². The summed E-state index contributed by atoms with van der Waals surface area (Å²) < 4.78 is 7.18. The van der Waals surface area contributed by atoms with Crippen molar-refractivity contribution < 1.29 is 9.32 Å². The van der Waals surface area contributed by atoms with Gasteiger partial charge in [0.25, 0.3) is 0 Å². The van der Waals surface area contributed by atoms with E-state index < -0.39 is 0 Å². The molecule has 118 valence electrons. The minimum atomic E-state index is -0.307. The van der Waals surface area contributed by atoms with Crippen LogP contribution in [0.1, 0.15) is 54.7 Å². The Morgan fingerprint density at radius 3 is 2.68 bits per heavy atom. The van der Waals surface area contributed by atoms with Crippen molar-refractivity contribution in [3.63, 3.8) is 0 Å². The molecule has 0 radical (unpaired) electrons. The number of likely N-dealkylation sites (tertiary alicyclic amines) is 1. The predicted octanol–water partition coefficient (Wildman–Crippen LogP) is 2.72. The van der Waals surface area contributed by atoms with Crippen LogP contribution in [0.15, 0.2) is 16.7 Å². The first-order chi connectivity index (χ1) is 10.5. The van der Waals surface area contributed by atoms with Gasteiger partial charge in [-0.1, -0.05) is 5.16 Å². The van der Waals surface area contributed by atoms with Crippen LogP contribution in [0.4, 0.5) is 0 Å². The van der Waals surface area contributed by atoms with Gasteiger partial charge in [0.1, 0.15) is 6.04 Å². The second-order valence-electron chi connectivity index (χ2n) is 6.11. The fourth-order valence-corrected chi connectivity index (χ4v) is 3.25. The second-order valence-corrected chi connectivity index (χ2v) is 6.11. The Labute approximate surface area is 130 Å². The Morgan fingerprint density at radius 2 is 2.09 bits per heavy atom. The zero-order chi connectivity index (χ0) is 15.9. The van der Waals surface area contributed by atoms with E-state index in [1.807, 2.05) is 44.7 Å². The van der Waals surface area contributed by atoms with Crippen molar-refractivity contribution in [2.24, 2.45) is 0 Å². The molecule has 2 aromatic heterocycles. The van der Waals surface area contributed by atoms with Crippen LogP contribution < -0.4 is 0 Å². The van der Waals surface area contributed by atoms with Gasteiger partial charge in [0.2, 0.25) is 5.91 Å². The molecule has 0 aliphatic carbocycles. The number of aryl methyl sites for hydroxylation is 3. The van der Waals surface area contributed by atoms with E-state index in [0.717, 1.165) is 42.2 Å². The lowest BCUT2D eigenvalue weighted by atomic mass is 10.1. The standard InChI is InChI=1S/C16H22N4O2/c1-10-8-12(3)20(17-10)13(4)16(21)19-7-5-6-14(19)15-9-11(2)18-22-15/h8-9,13-14H,5-7H2,1-4H3/t13-,14+/m1/s1. The topological polar surface area (TPSA) is 64.2 Å². The number of nitrogens with zero attached hydrogens (tertiary/aromatic N) is 4. The van der Waals surface area contributed by atoms with Gasteiger partial charge in [0.15, 0.2) is 5.76 Å². The van der Waals surface area contributed by atoms with Crippen molar-refractivity contribution in [3.05, 3.63) is 35.0 Å². The van der Waals surface area contributed by atoms with Gasteiger partial charge >= 0.3 is 0 Å². The fraction of sp³-hybridized carbons (Fsp3) is 0.562. The molecule has 0 aromatic carbocycles. The molecule has 0 N–H and O–H groups in total. The molecule has 3 heterocycles. The van der Waals surface area contributed by atoms with Crippen LogP contribution in [0.5, 0.6) is 0 Å². The highest BCUT2D eigenvalue weighted by Crippen LogP contribution is 2.34. The van der Waals surface area contributed by atoms with E-state index in [9.17, 15) is 4.79 Å². The number of hydrogen-bond acceptors (Lipinski definition) is 4. The van der Waals surface area contributed by atoms with Crippen LogP contribution in [-0.4, -0.2) is 32.3 Å². The molecule has 0 saturated carbocycles. The molecule has 2 atom stereocenters. The Bertz CT molecular complexity index is 688. The summed E-state index contributed by atoms with van der Waals surface area (Å²) in [6.45, 7) is 8.48. The molecule has 0 unspecified atom stereocenters. The lowest BCUT2D eigenvalue weighted by molar-refractivity contribution is -0.136. The van der Waals surface area contributed by atoms with E-state index in [1.165, 1.54) is 0 Å². The molecule has 2 aromatic rings. The van der Waals surface area contributed by atoms with E-state index in [-0.39, 0.29) is 18.0 Å². The summed E-state index contributed by atoms with van der Waals surface area (Å²) >= 11 is 0. The van der Waals surface area contributed by atoms with Crippen LogP contribution in [0.2, 0.25) is 0 Å². The van der Waals surface area contributed by atoms with Crippen molar-refractivity contribution in [2.75, 3.05) is 6.54 Å². The van der Waals surface area contributed by atoms with E-state index in [4.69, 9.17) is 4.52 Å². The van der Waals surface area contributed by atoms with Crippen molar-refractivity contribution in [3.8, 4) is 0 Å². The molecule has 6 nitrogen and oxygen atoms in total. The maximum Gasteiger partial charge on any atom is 0.247 e. The molecular formula is C16H22N4O2. The minimum Gasteiger partial charge on any atom is -0.359 e. The highest BCUT2D eigenvalue weighted by Gasteiger charge is 2.35. The largest absolute Gasteiger partial charge is 0.359 e. The van der Waals surface area contributed by atoms with Crippen LogP contribution in [-0.2, 0) is 4.79 Å². The zero-order valence-corrected chi connectivity index (χ0v) is 13.5. The normalized spacial score (nSPS) is 19.6. The molecule has 0 bridgehead atoms. The number of rotatable bonds is 3. The summed E-state index contributed by atoms with van der Waals surface area (Å²) in [6.07, 6.45) is 1.91. The van der Waals surface area contributed by atoms with Crippen molar-refractivity contribution in [2.45, 2.75) is 52.6 Å². The predicted molar refractivity (Wildman–Crippen MR) is 81.3 cm³/mol. The van der Waals surface area contributed by atoms with Gasteiger partial charge < -0.3 is 9.42 Å². The SMILES string of the molecule is Cc1cc([C@@H]2CCCN2C(=O)[C@@H](C)n2nc(C)cc2C)on1. The van der Waals surface area contributed by atoms with Gasteiger partial charge in [-0.15, -0.1) is 0 Å². The third-order valence-corrected chi connectivity index (χ3v) is 4.28. The quantitative estimate of drug-likeness (QED) is 0.874. The second kappa shape index (κ2) is 5.59. The first-order valence-corrected chi connectivity index (χ1v) is 7.74. The summed E-state index contributed by atoms with van der Waals surface area (Å²) in [4.78, 5) is 14.8. The van der Waals surface area contributed by atoms with Crippen LogP contribution in [0.25, 0.3) is 0 Å². The highest BCUT2D eigenvalue weighted by atomic mass is 16.5. The summed E-state index contributed by atoms with van der Waals surface area (Å²) in [5.41, 5.74) is 2.78. The van der Waals surface area contributed by atoms with E-state index in [2.05, 4.69) is 10.3 Å². The molecule has 6 heteroatoms. The summed E-state index contributed by atoms with van der Waals surface area (Å²) in [5, 5.41) is 8.38. The third kappa shape index (κ3) is 2.53. The fourth-order valence-electron chi connectivity index (χ4n) is 3.25. The average Bonchev–Trinajstić information content (AvgIpc) is 3.17. The van der Waals surface area contributed by atoms with Gasteiger partial charge in [0.05, 0.1) is 17.4 Å². The molecule has 1 saturated heterocycles. The maximum atomic E-state index is 12.9. The summed E-state index contributed by atoms with van der Waals surface area (Å²) in [7, 11) is 0. The van der Waals surface area contributed by atoms with Crippen LogP contribution >= 0.6 is 0 Å². The number of carbonyl (C=O) groups excluding carboxylic acids is 1. The van der Waals surface area contributed by atoms with Crippen LogP contribution in [0.3, 0.4) is 0 Å². The van der Waals surface area contributed by atoms with Gasteiger partial charge in [0, 0.05) is 18.3 Å². The third-order valence-electron chi connectivity index (χ3n) is 4.28. The summed E-state index contributed by atoms with van der Waals surface area (Å²) in [5.74, 6) is 0.867. The molecule has 22 heavy (non-hydrogen) atoms. The number of carbonyl (C=O) groups is 1. The van der Waals surface area contributed by atoms with E-state index in [1.54, 1.807) is 4.68 Å². The number of aromatic nitrogens is 3. The molecule has 3 rings (SSSR count). The first kappa shape index (κ1) is 14.8. The number of amides is 1. The highest BCUT2D eigenvalue weighted by molar-refractivity contribution is 5.80. The minimum absolute atomic E-state index is 0.00637. The number of hydrogen-bond donors (Lipinski definition) is 0. The van der Waals surface area contributed by atoms with Gasteiger partial charge in [-0.2, -0.15) is 5.10 Å². The molecule has 0 spiro atoms. The molecular weight excluding hydrogens is 280 g/mol. The molecule has 1 fully saturated rings. The first-order valence-electron chi connectivity index (χ1n) is 7.74.